The second kappa shape index (κ2) is 5.09. The highest BCUT2D eigenvalue weighted by molar-refractivity contribution is 5.96. The predicted octanol–water partition coefficient (Wildman–Crippen LogP) is 2.35. The molecule has 3 aromatic rings. The van der Waals surface area contributed by atoms with E-state index in [4.69, 9.17) is 0 Å². The lowest BCUT2D eigenvalue weighted by Gasteiger charge is -2.02. The van der Waals surface area contributed by atoms with Crippen LogP contribution >= 0.6 is 0 Å². The molecule has 4 nitrogen and oxygen atoms in total. The van der Waals surface area contributed by atoms with Crippen LogP contribution in [0.2, 0.25) is 0 Å². The first kappa shape index (κ1) is 12.3. The van der Waals surface area contributed by atoms with E-state index < -0.39 is 5.56 Å². The van der Waals surface area contributed by atoms with Crippen LogP contribution in [0.25, 0.3) is 11.0 Å². The van der Waals surface area contributed by atoms with E-state index in [1.165, 1.54) is 0 Å². The summed E-state index contributed by atoms with van der Waals surface area (Å²) in [6.07, 6.45) is 0.176. The topological polar surface area (TPSA) is 62.8 Å². The highest BCUT2D eigenvalue weighted by Crippen LogP contribution is 2.08. The van der Waals surface area contributed by atoms with Crippen molar-refractivity contribution in [3.63, 3.8) is 0 Å². The molecular weight excluding hydrogens is 252 g/mol. The van der Waals surface area contributed by atoms with Gasteiger partial charge in [0.1, 0.15) is 0 Å². The molecule has 4 heteroatoms. The zero-order chi connectivity index (χ0) is 13.9. The molecule has 2 aromatic carbocycles. The van der Waals surface area contributed by atoms with Gasteiger partial charge in [-0.15, -0.1) is 0 Å². The Morgan fingerprint density at radius 3 is 2.50 bits per heavy atom. The molecule has 0 saturated heterocycles. The fraction of sp³-hybridized carbons (Fsp3) is 0.0625. The zero-order valence-corrected chi connectivity index (χ0v) is 10.7. The molecule has 1 aromatic heterocycles. The van der Waals surface area contributed by atoms with Crippen LogP contribution in [0.3, 0.4) is 0 Å². The molecule has 0 atom stereocenters. The van der Waals surface area contributed by atoms with Crippen LogP contribution in [0.15, 0.2) is 59.4 Å². The second-order valence-electron chi connectivity index (χ2n) is 4.52. The summed E-state index contributed by atoms with van der Waals surface area (Å²) >= 11 is 0. The Morgan fingerprint density at radius 2 is 1.70 bits per heavy atom. The van der Waals surface area contributed by atoms with Gasteiger partial charge in [-0.1, -0.05) is 42.5 Å². The number of hydrogen-bond donors (Lipinski definition) is 1. The summed E-state index contributed by atoms with van der Waals surface area (Å²) in [4.78, 5) is 31.0. The van der Waals surface area contributed by atoms with Crippen LogP contribution in [0.4, 0.5) is 0 Å². The van der Waals surface area contributed by atoms with Gasteiger partial charge in [0, 0.05) is 6.42 Å². The van der Waals surface area contributed by atoms with Crippen molar-refractivity contribution in [1.82, 2.24) is 9.97 Å². The molecule has 0 bridgehead atoms. The molecule has 0 amide bonds. The van der Waals surface area contributed by atoms with Crippen LogP contribution in [-0.4, -0.2) is 15.8 Å². The monoisotopic (exact) mass is 264 g/mol. The van der Waals surface area contributed by atoms with Crippen molar-refractivity contribution in [3.05, 3.63) is 76.2 Å². The van der Waals surface area contributed by atoms with E-state index in [9.17, 15) is 9.59 Å². The molecular formula is C16H12N2O2. The number of nitrogens with zero attached hydrogens (tertiary/aromatic N) is 1. The average molecular weight is 264 g/mol. The lowest BCUT2D eigenvalue weighted by atomic mass is 10.1. The number of Topliss-reactive ketones (excluding diaryl/α,β-unsaturated/α-hetero) is 1. The van der Waals surface area contributed by atoms with Gasteiger partial charge in [-0.2, -0.15) is 0 Å². The first-order valence-electron chi connectivity index (χ1n) is 6.30. The maximum Gasteiger partial charge on any atom is 0.278 e. The number of benzene rings is 2. The molecule has 0 aliphatic carbocycles. The Hall–Kier alpha value is -2.75. The summed E-state index contributed by atoms with van der Waals surface area (Å²) in [6, 6.07) is 16.5. The first-order chi connectivity index (χ1) is 9.74. The van der Waals surface area contributed by atoms with E-state index >= 15 is 0 Å². The molecule has 3 rings (SSSR count). The molecule has 0 aliphatic rings. The highest BCUT2D eigenvalue weighted by Gasteiger charge is 2.14. The van der Waals surface area contributed by atoms with Crippen molar-refractivity contribution in [3.8, 4) is 0 Å². The Morgan fingerprint density at radius 1 is 1.00 bits per heavy atom. The Bertz CT molecular complexity index is 823. The number of hydrogen-bond acceptors (Lipinski definition) is 3. The number of para-hydroxylation sites is 2. The number of aromatic amines is 1. The Balaban J connectivity index is 1.99. The third kappa shape index (κ3) is 2.36. The number of H-pyrrole nitrogens is 1. The van der Waals surface area contributed by atoms with Crippen molar-refractivity contribution in [2.75, 3.05) is 0 Å². The van der Waals surface area contributed by atoms with Crippen LogP contribution in [0.5, 0.6) is 0 Å². The standard InChI is InChI=1S/C16H12N2O2/c19-14(10-11-6-2-1-3-7-11)15-16(20)18-13-9-5-4-8-12(13)17-15/h1-9H,10H2,(H,18,20). The van der Waals surface area contributed by atoms with Gasteiger partial charge in [0.05, 0.1) is 11.0 Å². The van der Waals surface area contributed by atoms with Crippen LogP contribution < -0.4 is 5.56 Å². The van der Waals surface area contributed by atoms with Crippen LogP contribution in [0, 0.1) is 0 Å². The maximum atomic E-state index is 12.2. The molecule has 0 fully saturated rings. The molecule has 0 radical (unpaired) electrons. The molecule has 20 heavy (non-hydrogen) atoms. The SMILES string of the molecule is O=C(Cc1ccccc1)c1nc2ccccc2[nH]c1=O. The molecule has 98 valence electrons. The Kier molecular flexibility index (Phi) is 3.13. The number of nitrogens with one attached hydrogen (secondary N) is 1. The van der Waals surface area contributed by atoms with E-state index in [0.29, 0.717) is 11.0 Å². The molecule has 0 unspecified atom stereocenters. The minimum absolute atomic E-state index is 0.0347. The van der Waals surface area contributed by atoms with Gasteiger partial charge in [-0.3, -0.25) is 9.59 Å². The average Bonchev–Trinajstić information content (AvgIpc) is 2.47. The molecule has 0 saturated carbocycles. The normalized spacial score (nSPS) is 10.6. The number of fused-ring (bicyclic) bond motifs is 1. The molecule has 0 aliphatic heterocycles. The largest absolute Gasteiger partial charge is 0.319 e. The molecule has 0 spiro atoms. The van der Waals surface area contributed by atoms with E-state index in [1.54, 1.807) is 12.1 Å². The van der Waals surface area contributed by atoms with E-state index in [1.807, 2.05) is 42.5 Å². The smallest absolute Gasteiger partial charge is 0.278 e. The van der Waals surface area contributed by atoms with Crippen molar-refractivity contribution in [1.29, 1.82) is 0 Å². The number of carbonyl (C=O) groups is 1. The summed E-state index contributed by atoms with van der Waals surface area (Å²) in [7, 11) is 0. The number of ketones is 1. The molecule has 1 heterocycles. The number of carbonyl (C=O) groups excluding carboxylic acids is 1. The van der Waals surface area contributed by atoms with E-state index in [0.717, 1.165) is 5.56 Å². The quantitative estimate of drug-likeness (QED) is 0.738. The van der Waals surface area contributed by atoms with Gasteiger partial charge in [0.25, 0.3) is 5.56 Å². The summed E-state index contributed by atoms with van der Waals surface area (Å²) in [5, 5.41) is 0. The third-order valence-corrected chi connectivity index (χ3v) is 3.07. The van der Waals surface area contributed by atoms with E-state index in [-0.39, 0.29) is 17.9 Å². The Labute approximate surface area is 115 Å². The summed E-state index contributed by atoms with van der Waals surface area (Å²) in [5.41, 5.74) is 1.64. The fourth-order valence-corrected chi connectivity index (χ4v) is 2.08. The van der Waals surface area contributed by atoms with Gasteiger partial charge in [0.15, 0.2) is 11.5 Å². The first-order valence-corrected chi connectivity index (χ1v) is 6.30. The van der Waals surface area contributed by atoms with Crippen LogP contribution in [-0.2, 0) is 6.42 Å². The van der Waals surface area contributed by atoms with Gasteiger partial charge in [-0.05, 0) is 17.7 Å². The third-order valence-electron chi connectivity index (χ3n) is 3.07. The van der Waals surface area contributed by atoms with Crippen molar-refractivity contribution in [2.24, 2.45) is 0 Å². The summed E-state index contributed by atoms with van der Waals surface area (Å²) < 4.78 is 0. The minimum Gasteiger partial charge on any atom is -0.319 e. The predicted molar refractivity (Wildman–Crippen MR) is 76.8 cm³/mol. The summed E-state index contributed by atoms with van der Waals surface area (Å²) in [5.74, 6) is -0.275. The molecule has 1 N–H and O–H groups in total. The van der Waals surface area contributed by atoms with Gasteiger partial charge in [0.2, 0.25) is 0 Å². The zero-order valence-electron chi connectivity index (χ0n) is 10.7. The lowest BCUT2D eigenvalue weighted by Crippen LogP contribution is -2.21. The second-order valence-corrected chi connectivity index (χ2v) is 4.52. The minimum atomic E-state index is -0.440. The van der Waals surface area contributed by atoms with Crippen LogP contribution in [0.1, 0.15) is 16.1 Å². The van der Waals surface area contributed by atoms with Gasteiger partial charge in [-0.25, -0.2) is 4.98 Å². The fourth-order valence-electron chi connectivity index (χ4n) is 2.08. The lowest BCUT2D eigenvalue weighted by molar-refractivity contribution is 0.0987. The highest BCUT2D eigenvalue weighted by atomic mass is 16.1. The van der Waals surface area contributed by atoms with Gasteiger partial charge < -0.3 is 4.98 Å². The number of aromatic nitrogens is 2. The number of rotatable bonds is 3. The van der Waals surface area contributed by atoms with Gasteiger partial charge >= 0.3 is 0 Å². The maximum absolute atomic E-state index is 12.2. The summed E-state index contributed by atoms with van der Waals surface area (Å²) in [6.45, 7) is 0. The van der Waals surface area contributed by atoms with E-state index in [2.05, 4.69) is 9.97 Å². The van der Waals surface area contributed by atoms with Crippen molar-refractivity contribution >= 4 is 16.8 Å². The van der Waals surface area contributed by atoms with Crippen molar-refractivity contribution < 1.29 is 4.79 Å². The van der Waals surface area contributed by atoms with Crippen molar-refractivity contribution in [2.45, 2.75) is 6.42 Å².